The number of hydrogen-bond acceptors (Lipinski definition) is 4. The zero-order valence-electron chi connectivity index (χ0n) is 17.5. The number of benzene rings is 1. The van der Waals surface area contributed by atoms with Gasteiger partial charge in [0.15, 0.2) is 11.5 Å². The Kier molecular flexibility index (Phi) is 4.07. The van der Waals surface area contributed by atoms with E-state index in [9.17, 15) is 8.78 Å². The Morgan fingerprint density at radius 1 is 1.06 bits per heavy atom. The highest BCUT2D eigenvalue weighted by molar-refractivity contribution is 5.96. The summed E-state index contributed by atoms with van der Waals surface area (Å²) in [6.07, 6.45) is 8.55. The molecule has 0 amide bonds. The predicted octanol–water partition coefficient (Wildman–Crippen LogP) is 5.03. The number of nitrogens with zero attached hydrogens (tertiary/aromatic N) is 4. The van der Waals surface area contributed by atoms with Gasteiger partial charge in [-0.05, 0) is 49.5 Å². The lowest BCUT2D eigenvalue weighted by atomic mass is 9.62. The van der Waals surface area contributed by atoms with Crippen molar-refractivity contribution in [1.82, 2.24) is 24.7 Å². The molecular weight excluding hydrogens is 398 g/mol. The third-order valence-electron chi connectivity index (χ3n) is 7.48. The van der Waals surface area contributed by atoms with Crippen LogP contribution in [0.3, 0.4) is 0 Å². The first kappa shape index (κ1) is 18.7. The van der Waals surface area contributed by atoms with Crippen molar-refractivity contribution in [3.8, 4) is 11.4 Å². The largest absolute Gasteiger partial charge is 0.366 e. The minimum absolute atomic E-state index is 0.248. The Morgan fingerprint density at radius 3 is 2.61 bits per heavy atom. The zero-order chi connectivity index (χ0) is 21.3. The Bertz CT molecular complexity index is 1300. The molecule has 4 aromatic rings. The van der Waals surface area contributed by atoms with Gasteiger partial charge in [-0.15, -0.1) is 0 Å². The van der Waals surface area contributed by atoms with Crippen LogP contribution in [0, 0.1) is 29.4 Å². The van der Waals surface area contributed by atoms with Crippen molar-refractivity contribution in [3.05, 3.63) is 36.2 Å². The second-order valence-electron chi connectivity index (χ2n) is 9.12. The molecule has 160 valence electrons. The first-order valence-electron chi connectivity index (χ1n) is 10.9. The summed E-state index contributed by atoms with van der Waals surface area (Å²) in [5, 5.41) is 9.39. The van der Waals surface area contributed by atoms with Gasteiger partial charge in [0.05, 0.1) is 17.1 Å². The Balaban J connectivity index is 1.49. The number of H-pyrrole nitrogens is 1. The van der Waals surface area contributed by atoms with E-state index < -0.39 is 11.6 Å². The second-order valence-corrected chi connectivity index (χ2v) is 9.12. The molecular formula is C23H24F2N6. The third-order valence-corrected chi connectivity index (χ3v) is 7.48. The van der Waals surface area contributed by atoms with Gasteiger partial charge < -0.3 is 10.3 Å². The summed E-state index contributed by atoms with van der Waals surface area (Å²) in [4.78, 5) is 12.4. The molecule has 0 saturated heterocycles. The number of hydrogen-bond donors (Lipinski definition) is 2. The van der Waals surface area contributed by atoms with Gasteiger partial charge in [0, 0.05) is 36.3 Å². The average molecular weight is 422 g/mol. The monoisotopic (exact) mass is 422 g/mol. The van der Waals surface area contributed by atoms with Gasteiger partial charge in [-0.3, -0.25) is 4.68 Å². The van der Waals surface area contributed by atoms with Gasteiger partial charge in [-0.25, -0.2) is 18.7 Å². The third kappa shape index (κ3) is 2.84. The molecule has 8 heteroatoms. The number of aryl methyl sites for hydroxylation is 1. The number of halogens is 2. The van der Waals surface area contributed by atoms with E-state index in [1.807, 2.05) is 7.05 Å². The van der Waals surface area contributed by atoms with Crippen LogP contribution in [0.4, 0.5) is 14.6 Å². The van der Waals surface area contributed by atoms with E-state index in [-0.39, 0.29) is 5.52 Å². The molecule has 3 aliphatic carbocycles. The fraction of sp³-hybridized carbons (Fsp3) is 0.435. The Hall–Kier alpha value is -3.03. The van der Waals surface area contributed by atoms with Crippen molar-refractivity contribution in [2.45, 2.75) is 38.6 Å². The van der Waals surface area contributed by atoms with E-state index in [0.29, 0.717) is 40.3 Å². The number of aromatic nitrogens is 5. The van der Waals surface area contributed by atoms with Gasteiger partial charge in [0.25, 0.3) is 0 Å². The van der Waals surface area contributed by atoms with E-state index in [2.05, 4.69) is 22.3 Å². The van der Waals surface area contributed by atoms with Crippen molar-refractivity contribution >= 4 is 27.8 Å². The average Bonchev–Trinajstić information content (AvgIpc) is 3.35. The van der Waals surface area contributed by atoms with Crippen LogP contribution in [0.2, 0.25) is 0 Å². The number of aromatic amines is 1. The zero-order valence-corrected chi connectivity index (χ0v) is 17.5. The maximum absolute atomic E-state index is 14.2. The minimum Gasteiger partial charge on any atom is -0.366 e. The van der Waals surface area contributed by atoms with E-state index >= 15 is 0 Å². The van der Waals surface area contributed by atoms with E-state index in [4.69, 9.17) is 9.97 Å². The van der Waals surface area contributed by atoms with Crippen molar-refractivity contribution in [2.75, 3.05) is 5.32 Å². The van der Waals surface area contributed by atoms with Gasteiger partial charge in [0.2, 0.25) is 0 Å². The SMILES string of the molecule is CC1C2CCC(CC2)C1Nc1nc(-c2c[nH]c3c(F)cc(F)cc23)nc2c1cnn2C. The first-order valence-corrected chi connectivity index (χ1v) is 10.9. The molecule has 7 rings (SSSR count). The number of nitrogens with one attached hydrogen (secondary N) is 2. The van der Waals surface area contributed by atoms with Crippen LogP contribution in [0.1, 0.15) is 32.6 Å². The molecule has 2 N–H and O–H groups in total. The molecule has 2 atom stereocenters. The summed E-state index contributed by atoms with van der Waals surface area (Å²) >= 11 is 0. The van der Waals surface area contributed by atoms with Crippen LogP contribution in [-0.4, -0.2) is 30.8 Å². The van der Waals surface area contributed by atoms with Crippen molar-refractivity contribution in [1.29, 1.82) is 0 Å². The predicted molar refractivity (Wildman–Crippen MR) is 116 cm³/mol. The van der Waals surface area contributed by atoms with Crippen LogP contribution in [0.25, 0.3) is 33.3 Å². The molecule has 0 spiro atoms. The molecule has 31 heavy (non-hydrogen) atoms. The van der Waals surface area contributed by atoms with Crippen LogP contribution in [-0.2, 0) is 7.05 Å². The van der Waals surface area contributed by atoms with Crippen molar-refractivity contribution in [2.24, 2.45) is 24.8 Å². The van der Waals surface area contributed by atoms with E-state index in [1.165, 1.54) is 31.7 Å². The summed E-state index contributed by atoms with van der Waals surface area (Å²) in [7, 11) is 1.84. The van der Waals surface area contributed by atoms with Gasteiger partial charge in [-0.1, -0.05) is 6.92 Å². The van der Waals surface area contributed by atoms with E-state index in [1.54, 1.807) is 17.1 Å². The lowest BCUT2D eigenvalue weighted by Crippen LogP contribution is -2.47. The highest BCUT2D eigenvalue weighted by Crippen LogP contribution is 2.46. The minimum atomic E-state index is -0.631. The van der Waals surface area contributed by atoms with Crippen LogP contribution < -0.4 is 5.32 Å². The second kappa shape index (κ2) is 6.73. The number of fused-ring (bicyclic) bond motifs is 5. The topological polar surface area (TPSA) is 71.4 Å². The molecule has 3 heterocycles. The highest BCUT2D eigenvalue weighted by Gasteiger charge is 2.41. The number of rotatable bonds is 3. The lowest BCUT2D eigenvalue weighted by molar-refractivity contribution is 0.0929. The molecule has 3 aromatic heterocycles. The lowest BCUT2D eigenvalue weighted by Gasteiger charge is -2.47. The summed E-state index contributed by atoms with van der Waals surface area (Å²) in [6, 6.07) is 2.55. The standard InChI is InChI=1S/C23H24F2N6/c1-11-12-3-5-13(6-4-12)19(11)28-22-17-10-27-31(2)23(17)30-21(29-22)16-9-26-20-15(16)7-14(24)8-18(20)25/h7-13,19,26H,3-6H2,1-2H3,(H,28,29,30). The van der Waals surface area contributed by atoms with Crippen molar-refractivity contribution < 1.29 is 8.78 Å². The molecule has 1 aromatic carbocycles. The van der Waals surface area contributed by atoms with Gasteiger partial charge >= 0.3 is 0 Å². The highest BCUT2D eigenvalue weighted by atomic mass is 19.1. The molecule has 2 bridgehead atoms. The normalized spacial score (nSPS) is 25.5. The Labute approximate surface area is 178 Å². The molecule has 3 saturated carbocycles. The molecule has 0 aliphatic heterocycles. The van der Waals surface area contributed by atoms with Crippen LogP contribution in [0.15, 0.2) is 24.5 Å². The van der Waals surface area contributed by atoms with Crippen molar-refractivity contribution in [3.63, 3.8) is 0 Å². The molecule has 3 fully saturated rings. The number of anilines is 1. The molecule has 3 aliphatic rings. The maximum atomic E-state index is 14.2. The maximum Gasteiger partial charge on any atom is 0.166 e. The summed E-state index contributed by atoms with van der Waals surface area (Å²) < 4.78 is 29.9. The van der Waals surface area contributed by atoms with Crippen LogP contribution in [0.5, 0.6) is 0 Å². The van der Waals surface area contributed by atoms with Gasteiger partial charge in [-0.2, -0.15) is 5.10 Å². The Morgan fingerprint density at radius 2 is 1.84 bits per heavy atom. The summed E-state index contributed by atoms with van der Waals surface area (Å²) in [5.41, 5.74) is 1.50. The molecule has 0 radical (unpaired) electrons. The van der Waals surface area contributed by atoms with E-state index in [0.717, 1.165) is 23.2 Å². The fourth-order valence-electron chi connectivity index (χ4n) is 5.75. The van der Waals surface area contributed by atoms with Crippen LogP contribution >= 0.6 is 0 Å². The quantitative estimate of drug-likeness (QED) is 0.486. The summed E-state index contributed by atoms with van der Waals surface area (Å²) in [6.45, 7) is 2.33. The van der Waals surface area contributed by atoms with Gasteiger partial charge in [0.1, 0.15) is 17.5 Å². The smallest absolute Gasteiger partial charge is 0.166 e. The summed E-state index contributed by atoms with van der Waals surface area (Å²) in [5.74, 6) is 1.88. The molecule has 6 nitrogen and oxygen atoms in total. The fourth-order valence-corrected chi connectivity index (χ4v) is 5.75. The first-order chi connectivity index (χ1) is 15.0. The molecule has 2 unspecified atom stereocenters.